The van der Waals surface area contributed by atoms with Crippen LogP contribution in [0.25, 0.3) is 11.3 Å². The van der Waals surface area contributed by atoms with Crippen molar-refractivity contribution >= 4 is 0 Å². The number of nitrogens with zero attached hydrogens (tertiary/aromatic N) is 2. The van der Waals surface area contributed by atoms with E-state index in [0.29, 0.717) is 0 Å². The molecule has 0 aliphatic carbocycles. The zero-order valence-corrected chi connectivity index (χ0v) is 11.2. The second-order valence-corrected chi connectivity index (χ2v) is 4.76. The van der Waals surface area contributed by atoms with Gasteiger partial charge in [-0.25, -0.2) is 0 Å². The van der Waals surface area contributed by atoms with Gasteiger partial charge in [0, 0.05) is 5.56 Å². The van der Waals surface area contributed by atoms with Gasteiger partial charge in [-0.3, -0.25) is 0 Å². The molecule has 0 bridgehead atoms. The summed E-state index contributed by atoms with van der Waals surface area (Å²) in [6.45, 7) is 0. The maximum atomic E-state index is 4.32. The predicted octanol–water partition coefficient (Wildman–Crippen LogP) is 3.93. The van der Waals surface area contributed by atoms with Crippen molar-refractivity contribution in [2.24, 2.45) is 0 Å². The fourth-order valence-corrected chi connectivity index (χ4v) is 2.17. The first-order chi connectivity index (χ1) is 9.92. The van der Waals surface area contributed by atoms with E-state index in [9.17, 15) is 0 Å². The molecule has 0 atom stereocenters. The SMILES string of the molecule is c1ccc(CCc2ccc(-c3ccccc3)nn2)cc1. The molecule has 98 valence electrons. The van der Waals surface area contributed by atoms with Crippen molar-refractivity contribution in [3.05, 3.63) is 84.1 Å². The summed E-state index contributed by atoms with van der Waals surface area (Å²) in [7, 11) is 0. The Morgan fingerprint density at radius 1 is 0.600 bits per heavy atom. The third-order valence-corrected chi connectivity index (χ3v) is 3.30. The van der Waals surface area contributed by atoms with Gasteiger partial charge >= 0.3 is 0 Å². The average molecular weight is 260 g/mol. The highest BCUT2D eigenvalue weighted by molar-refractivity contribution is 5.57. The second kappa shape index (κ2) is 6.11. The second-order valence-electron chi connectivity index (χ2n) is 4.76. The Hall–Kier alpha value is -2.48. The molecule has 20 heavy (non-hydrogen) atoms. The molecule has 3 aromatic rings. The Labute approximate surface area is 119 Å². The van der Waals surface area contributed by atoms with Gasteiger partial charge in [-0.1, -0.05) is 60.7 Å². The topological polar surface area (TPSA) is 25.8 Å². The molecule has 0 amide bonds. The van der Waals surface area contributed by atoms with Crippen LogP contribution in [-0.2, 0) is 12.8 Å². The number of hydrogen-bond donors (Lipinski definition) is 0. The molecule has 0 aliphatic heterocycles. The van der Waals surface area contributed by atoms with E-state index in [-0.39, 0.29) is 0 Å². The summed E-state index contributed by atoms with van der Waals surface area (Å²) in [4.78, 5) is 0. The van der Waals surface area contributed by atoms with Gasteiger partial charge in [0.1, 0.15) is 0 Å². The smallest absolute Gasteiger partial charge is 0.0929 e. The molecule has 0 N–H and O–H groups in total. The van der Waals surface area contributed by atoms with Gasteiger partial charge < -0.3 is 0 Å². The molecule has 2 aromatic carbocycles. The molecule has 1 aromatic heterocycles. The molecule has 2 nitrogen and oxygen atoms in total. The molecular weight excluding hydrogens is 244 g/mol. The van der Waals surface area contributed by atoms with Gasteiger partial charge in [0.15, 0.2) is 0 Å². The summed E-state index contributed by atoms with van der Waals surface area (Å²) >= 11 is 0. The van der Waals surface area contributed by atoms with E-state index in [4.69, 9.17) is 0 Å². The Morgan fingerprint density at radius 3 is 1.95 bits per heavy atom. The van der Waals surface area contributed by atoms with Crippen molar-refractivity contribution in [3.63, 3.8) is 0 Å². The Bertz CT molecular complexity index is 646. The minimum Gasteiger partial charge on any atom is -0.155 e. The standard InChI is InChI=1S/C18H16N2/c1-3-7-15(8-4-1)11-12-17-13-14-18(20-19-17)16-9-5-2-6-10-16/h1-10,13-14H,11-12H2. The van der Waals surface area contributed by atoms with E-state index in [2.05, 4.69) is 40.5 Å². The summed E-state index contributed by atoms with van der Waals surface area (Å²) in [5.41, 5.74) is 4.40. The van der Waals surface area contributed by atoms with Crippen LogP contribution < -0.4 is 0 Å². The maximum absolute atomic E-state index is 4.32. The lowest BCUT2D eigenvalue weighted by molar-refractivity contribution is 0.862. The molecule has 0 saturated heterocycles. The molecule has 0 spiro atoms. The van der Waals surface area contributed by atoms with Crippen molar-refractivity contribution in [2.75, 3.05) is 0 Å². The fourth-order valence-electron chi connectivity index (χ4n) is 2.17. The molecule has 0 fully saturated rings. The van der Waals surface area contributed by atoms with Crippen molar-refractivity contribution in [1.82, 2.24) is 10.2 Å². The minimum atomic E-state index is 0.923. The highest BCUT2D eigenvalue weighted by atomic mass is 15.1. The van der Waals surface area contributed by atoms with Crippen LogP contribution >= 0.6 is 0 Å². The summed E-state index contributed by atoms with van der Waals surface area (Å²) in [5.74, 6) is 0. The highest BCUT2D eigenvalue weighted by Crippen LogP contribution is 2.15. The summed E-state index contributed by atoms with van der Waals surface area (Å²) in [5, 5.41) is 8.63. The summed E-state index contributed by atoms with van der Waals surface area (Å²) < 4.78 is 0. The maximum Gasteiger partial charge on any atom is 0.0929 e. The van der Waals surface area contributed by atoms with E-state index in [1.807, 2.05) is 42.5 Å². The van der Waals surface area contributed by atoms with Gasteiger partial charge in [-0.2, -0.15) is 10.2 Å². The monoisotopic (exact) mass is 260 g/mol. The number of rotatable bonds is 4. The third kappa shape index (κ3) is 3.09. The van der Waals surface area contributed by atoms with E-state index < -0.39 is 0 Å². The average Bonchev–Trinajstić information content (AvgIpc) is 2.55. The van der Waals surface area contributed by atoms with E-state index in [1.54, 1.807) is 0 Å². The zero-order chi connectivity index (χ0) is 13.6. The van der Waals surface area contributed by atoms with Crippen molar-refractivity contribution in [3.8, 4) is 11.3 Å². The van der Waals surface area contributed by atoms with Crippen molar-refractivity contribution in [1.29, 1.82) is 0 Å². The number of aryl methyl sites for hydroxylation is 2. The summed E-state index contributed by atoms with van der Waals surface area (Å²) in [6.07, 6.45) is 1.92. The highest BCUT2D eigenvalue weighted by Gasteiger charge is 2.01. The molecule has 0 unspecified atom stereocenters. The predicted molar refractivity (Wildman–Crippen MR) is 81.3 cm³/mol. The van der Waals surface area contributed by atoms with Crippen molar-refractivity contribution in [2.45, 2.75) is 12.8 Å². The van der Waals surface area contributed by atoms with Crippen LogP contribution in [0.1, 0.15) is 11.3 Å². The fraction of sp³-hybridized carbons (Fsp3) is 0.111. The van der Waals surface area contributed by atoms with Crippen molar-refractivity contribution < 1.29 is 0 Å². The van der Waals surface area contributed by atoms with Gasteiger partial charge in [-0.15, -0.1) is 0 Å². The molecule has 0 saturated carbocycles. The lowest BCUT2D eigenvalue weighted by atomic mass is 10.1. The van der Waals surface area contributed by atoms with Crippen LogP contribution in [0.2, 0.25) is 0 Å². The van der Waals surface area contributed by atoms with Gasteiger partial charge in [0.25, 0.3) is 0 Å². The van der Waals surface area contributed by atoms with Crippen LogP contribution in [0.4, 0.5) is 0 Å². The quantitative estimate of drug-likeness (QED) is 0.710. The first-order valence-electron chi connectivity index (χ1n) is 6.84. The normalized spacial score (nSPS) is 10.4. The lowest BCUT2D eigenvalue weighted by Gasteiger charge is -2.03. The molecule has 0 aliphatic rings. The van der Waals surface area contributed by atoms with Crippen LogP contribution in [-0.4, -0.2) is 10.2 Å². The molecule has 0 radical (unpaired) electrons. The lowest BCUT2D eigenvalue weighted by Crippen LogP contribution is -1.97. The Balaban J connectivity index is 1.68. The largest absolute Gasteiger partial charge is 0.155 e. The number of benzene rings is 2. The van der Waals surface area contributed by atoms with Crippen LogP contribution in [0, 0.1) is 0 Å². The first-order valence-corrected chi connectivity index (χ1v) is 6.84. The number of aromatic nitrogens is 2. The molecule has 2 heteroatoms. The molecule has 1 heterocycles. The number of hydrogen-bond acceptors (Lipinski definition) is 2. The van der Waals surface area contributed by atoms with Gasteiger partial charge in [-0.05, 0) is 30.5 Å². The van der Waals surface area contributed by atoms with Crippen LogP contribution in [0.15, 0.2) is 72.8 Å². The third-order valence-electron chi connectivity index (χ3n) is 3.30. The zero-order valence-electron chi connectivity index (χ0n) is 11.2. The van der Waals surface area contributed by atoms with E-state index in [1.165, 1.54) is 5.56 Å². The van der Waals surface area contributed by atoms with Crippen LogP contribution in [0.5, 0.6) is 0 Å². The van der Waals surface area contributed by atoms with E-state index in [0.717, 1.165) is 29.8 Å². The molecular formula is C18H16N2. The van der Waals surface area contributed by atoms with Gasteiger partial charge in [0.05, 0.1) is 11.4 Å². The van der Waals surface area contributed by atoms with Gasteiger partial charge in [0.2, 0.25) is 0 Å². The van der Waals surface area contributed by atoms with Crippen LogP contribution in [0.3, 0.4) is 0 Å². The Kier molecular flexibility index (Phi) is 3.83. The first kappa shape index (κ1) is 12.5. The molecule has 3 rings (SSSR count). The Morgan fingerprint density at radius 2 is 1.30 bits per heavy atom. The summed E-state index contributed by atoms with van der Waals surface area (Å²) in [6, 6.07) is 24.7. The minimum absolute atomic E-state index is 0.923. The van der Waals surface area contributed by atoms with E-state index >= 15 is 0 Å².